The molecule has 1 aromatic rings. The zero-order valence-corrected chi connectivity index (χ0v) is 21.5. The fraction of sp³-hybridized carbons (Fsp3) is 0.708. The van der Waals surface area contributed by atoms with Crippen molar-refractivity contribution in [2.75, 3.05) is 59.5 Å². The number of nitrogens with zero attached hydrogens (tertiary/aromatic N) is 4. The summed E-state index contributed by atoms with van der Waals surface area (Å²) in [6, 6.07) is 11.2. The Morgan fingerprint density at radius 1 is 1.13 bits per heavy atom. The second-order valence-electron chi connectivity index (χ2n) is 8.98. The van der Waals surface area contributed by atoms with E-state index in [2.05, 4.69) is 62.3 Å². The molecule has 0 aliphatic carbocycles. The van der Waals surface area contributed by atoms with E-state index in [9.17, 15) is 0 Å². The minimum atomic E-state index is 0. The first kappa shape index (κ1) is 24.7. The van der Waals surface area contributed by atoms with Gasteiger partial charge in [0.1, 0.15) is 0 Å². The summed E-state index contributed by atoms with van der Waals surface area (Å²) in [6.45, 7) is 11.8. The number of hydrogen-bond acceptors (Lipinski definition) is 4. The molecule has 3 aliphatic rings. The molecule has 2 unspecified atom stereocenters. The maximum Gasteiger partial charge on any atom is 0.193 e. The lowest BCUT2D eigenvalue weighted by Gasteiger charge is -2.36. The van der Waals surface area contributed by atoms with E-state index in [-0.39, 0.29) is 30.1 Å². The van der Waals surface area contributed by atoms with Crippen LogP contribution in [0.1, 0.15) is 31.7 Å². The van der Waals surface area contributed by atoms with Crippen LogP contribution in [-0.2, 0) is 11.3 Å². The van der Waals surface area contributed by atoms with Crippen LogP contribution in [-0.4, -0.2) is 92.3 Å². The first-order chi connectivity index (χ1) is 14.8. The first-order valence-electron chi connectivity index (χ1n) is 11.8. The highest BCUT2D eigenvalue weighted by atomic mass is 127. The molecule has 0 aromatic heterocycles. The normalized spacial score (nSPS) is 25.9. The molecule has 3 heterocycles. The number of ether oxygens (including phenoxy) is 1. The second-order valence-corrected chi connectivity index (χ2v) is 8.98. The predicted octanol–water partition coefficient (Wildman–Crippen LogP) is 2.89. The van der Waals surface area contributed by atoms with Crippen molar-refractivity contribution in [1.29, 1.82) is 0 Å². The Bertz CT molecular complexity index is 680. The quantitative estimate of drug-likeness (QED) is 0.341. The van der Waals surface area contributed by atoms with Crippen molar-refractivity contribution in [1.82, 2.24) is 20.0 Å². The number of nitrogens with one attached hydrogen (secondary N) is 1. The number of aliphatic imine (C=N–C) groups is 1. The van der Waals surface area contributed by atoms with Gasteiger partial charge in [-0.05, 0) is 50.4 Å². The van der Waals surface area contributed by atoms with Crippen LogP contribution in [0.2, 0.25) is 0 Å². The van der Waals surface area contributed by atoms with Crippen molar-refractivity contribution in [2.45, 2.75) is 44.9 Å². The highest BCUT2D eigenvalue weighted by Crippen LogP contribution is 2.25. The summed E-state index contributed by atoms with van der Waals surface area (Å²) in [5, 5.41) is 3.65. The maximum absolute atomic E-state index is 6.14. The molecular weight excluding hydrogens is 501 g/mol. The van der Waals surface area contributed by atoms with Crippen LogP contribution in [0.15, 0.2) is 35.3 Å². The van der Waals surface area contributed by atoms with Gasteiger partial charge < -0.3 is 19.9 Å². The Kier molecular flexibility index (Phi) is 9.87. The van der Waals surface area contributed by atoms with Gasteiger partial charge in [0.2, 0.25) is 0 Å². The lowest BCUT2D eigenvalue weighted by molar-refractivity contribution is -0.0502. The highest BCUT2D eigenvalue weighted by molar-refractivity contribution is 14.0. The molecular formula is C24H40IN5O. The van der Waals surface area contributed by atoms with Gasteiger partial charge in [0.05, 0.1) is 18.8 Å². The van der Waals surface area contributed by atoms with E-state index < -0.39 is 0 Å². The van der Waals surface area contributed by atoms with Crippen LogP contribution in [0.3, 0.4) is 0 Å². The summed E-state index contributed by atoms with van der Waals surface area (Å²) in [5.74, 6) is 1.89. The lowest BCUT2D eigenvalue weighted by Crippen LogP contribution is -2.50. The molecule has 0 saturated carbocycles. The predicted molar refractivity (Wildman–Crippen MR) is 138 cm³/mol. The Hall–Kier alpha value is -0.900. The standard InChI is InChI=1S/C24H39N5O.HI/c1-3-27-13-10-20(11-14-27)9-12-26-24(25-2)29-18-22-23(19-29)30-16-15-28(22)17-21-7-5-4-6-8-21;/h4-8,20,22-23H,3,9-19H2,1-2H3,(H,25,26);1H. The molecule has 174 valence electrons. The molecule has 3 fully saturated rings. The number of piperidine rings is 1. The summed E-state index contributed by atoms with van der Waals surface area (Å²) < 4.78 is 6.14. The van der Waals surface area contributed by atoms with E-state index in [1.807, 2.05) is 7.05 Å². The van der Waals surface area contributed by atoms with Crippen molar-refractivity contribution in [3.63, 3.8) is 0 Å². The number of morpholine rings is 1. The second kappa shape index (κ2) is 12.4. The van der Waals surface area contributed by atoms with Gasteiger partial charge in [-0.25, -0.2) is 0 Å². The van der Waals surface area contributed by atoms with E-state index in [0.717, 1.165) is 51.2 Å². The number of hydrogen-bond donors (Lipinski definition) is 1. The first-order valence-corrected chi connectivity index (χ1v) is 11.8. The number of benzene rings is 1. The molecule has 0 spiro atoms. The SMILES string of the molecule is CCN1CCC(CCNC(=NC)N2CC3OCCN(Cc4ccccc4)C3C2)CC1.I. The van der Waals surface area contributed by atoms with Crippen LogP contribution in [0.25, 0.3) is 0 Å². The zero-order valence-electron chi connectivity index (χ0n) is 19.2. The topological polar surface area (TPSA) is 43.3 Å². The van der Waals surface area contributed by atoms with Crippen LogP contribution < -0.4 is 5.32 Å². The zero-order chi connectivity index (χ0) is 20.8. The van der Waals surface area contributed by atoms with Gasteiger partial charge in [0, 0.05) is 39.8 Å². The number of guanidine groups is 1. The van der Waals surface area contributed by atoms with Gasteiger partial charge in [-0.3, -0.25) is 9.89 Å². The number of rotatable bonds is 6. The van der Waals surface area contributed by atoms with E-state index in [1.54, 1.807) is 0 Å². The molecule has 31 heavy (non-hydrogen) atoms. The van der Waals surface area contributed by atoms with Gasteiger partial charge in [0.25, 0.3) is 0 Å². The summed E-state index contributed by atoms with van der Waals surface area (Å²) in [7, 11) is 1.91. The van der Waals surface area contributed by atoms with E-state index >= 15 is 0 Å². The molecule has 3 saturated heterocycles. The van der Waals surface area contributed by atoms with Crippen LogP contribution in [0.4, 0.5) is 0 Å². The van der Waals surface area contributed by atoms with Gasteiger partial charge >= 0.3 is 0 Å². The summed E-state index contributed by atoms with van der Waals surface area (Å²) in [4.78, 5) is 12.2. The third-order valence-electron chi connectivity index (χ3n) is 7.15. The number of halogens is 1. The number of fused-ring (bicyclic) bond motifs is 1. The maximum atomic E-state index is 6.14. The molecule has 6 nitrogen and oxygen atoms in total. The van der Waals surface area contributed by atoms with Crippen LogP contribution in [0.5, 0.6) is 0 Å². The summed E-state index contributed by atoms with van der Waals surface area (Å²) >= 11 is 0. The third-order valence-corrected chi connectivity index (χ3v) is 7.15. The summed E-state index contributed by atoms with van der Waals surface area (Å²) in [6.07, 6.45) is 4.20. The van der Waals surface area contributed by atoms with Crippen LogP contribution in [0, 0.1) is 5.92 Å². The Balaban J connectivity index is 0.00000272. The lowest BCUT2D eigenvalue weighted by atomic mass is 9.93. The van der Waals surface area contributed by atoms with E-state index in [1.165, 1.54) is 44.5 Å². The van der Waals surface area contributed by atoms with Crippen molar-refractivity contribution in [2.24, 2.45) is 10.9 Å². The molecule has 1 aromatic carbocycles. The molecule has 3 aliphatic heterocycles. The molecule has 4 rings (SSSR count). The van der Waals surface area contributed by atoms with Crippen molar-refractivity contribution >= 4 is 29.9 Å². The molecule has 0 amide bonds. The average molecular weight is 542 g/mol. The monoisotopic (exact) mass is 541 g/mol. The largest absolute Gasteiger partial charge is 0.373 e. The Labute approximate surface area is 205 Å². The Morgan fingerprint density at radius 3 is 2.61 bits per heavy atom. The van der Waals surface area contributed by atoms with Crippen LogP contribution >= 0.6 is 24.0 Å². The average Bonchev–Trinajstić information content (AvgIpc) is 3.23. The minimum absolute atomic E-state index is 0. The van der Waals surface area contributed by atoms with Crippen molar-refractivity contribution < 1.29 is 4.74 Å². The molecule has 0 bridgehead atoms. The smallest absolute Gasteiger partial charge is 0.193 e. The minimum Gasteiger partial charge on any atom is -0.373 e. The van der Waals surface area contributed by atoms with Gasteiger partial charge in [-0.1, -0.05) is 37.3 Å². The van der Waals surface area contributed by atoms with Crippen molar-refractivity contribution in [3.05, 3.63) is 35.9 Å². The Morgan fingerprint density at radius 2 is 1.90 bits per heavy atom. The summed E-state index contributed by atoms with van der Waals surface area (Å²) in [5.41, 5.74) is 1.38. The fourth-order valence-corrected chi connectivity index (χ4v) is 5.26. The number of likely N-dealkylation sites (tertiary alicyclic amines) is 2. The van der Waals surface area contributed by atoms with Gasteiger partial charge in [0.15, 0.2) is 5.96 Å². The molecule has 1 N–H and O–H groups in total. The van der Waals surface area contributed by atoms with E-state index in [4.69, 9.17) is 4.74 Å². The fourth-order valence-electron chi connectivity index (χ4n) is 5.26. The molecule has 0 radical (unpaired) electrons. The van der Waals surface area contributed by atoms with E-state index in [0.29, 0.717) is 6.04 Å². The van der Waals surface area contributed by atoms with Gasteiger partial charge in [-0.15, -0.1) is 24.0 Å². The molecule has 7 heteroatoms. The third kappa shape index (κ3) is 6.55. The van der Waals surface area contributed by atoms with Crippen molar-refractivity contribution in [3.8, 4) is 0 Å². The van der Waals surface area contributed by atoms with Gasteiger partial charge in [-0.2, -0.15) is 0 Å². The molecule has 2 atom stereocenters. The highest BCUT2D eigenvalue weighted by Gasteiger charge is 2.41.